The molecule has 0 radical (unpaired) electrons. The maximum Gasteiger partial charge on any atom is 0.272 e. The van der Waals surface area contributed by atoms with E-state index < -0.39 is 0 Å². The molecule has 1 aromatic rings. The predicted octanol–water partition coefficient (Wildman–Crippen LogP) is 2.09. The van der Waals surface area contributed by atoms with Crippen LogP contribution in [-0.2, 0) is 0 Å². The van der Waals surface area contributed by atoms with Gasteiger partial charge in [0.05, 0.1) is 0 Å². The molecule has 0 bridgehead atoms. The Labute approximate surface area is 112 Å². The predicted molar refractivity (Wildman–Crippen MR) is 76.2 cm³/mol. The highest BCUT2D eigenvalue weighted by Gasteiger charge is 2.24. The summed E-state index contributed by atoms with van der Waals surface area (Å²) in [5, 5.41) is 3.60. The van der Waals surface area contributed by atoms with Crippen molar-refractivity contribution in [3.63, 3.8) is 0 Å². The summed E-state index contributed by atoms with van der Waals surface area (Å²) in [5.74, 6) is 1.07. The van der Waals surface area contributed by atoms with Gasteiger partial charge in [-0.3, -0.25) is 9.78 Å². The SMILES string of the molecule is CCC1CN(C(=O)c2cc(NC)ccn2)CCS1. The number of carbonyl (C=O) groups is 1. The van der Waals surface area contributed by atoms with Gasteiger partial charge in [0.15, 0.2) is 0 Å². The van der Waals surface area contributed by atoms with Crippen LogP contribution in [0.5, 0.6) is 0 Å². The number of hydrogen-bond acceptors (Lipinski definition) is 4. The van der Waals surface area contributed by atoms with Gasteiger partial charge in [-0.25, -0.2) is 0 Å². The lowest BCUT2D eigenvalue weighted by molar-refractivity contribution is 0.0755. The highest BCUT2D eigenvalue weighted by Crippen LogP contribution is 2.22. The van der Waals surface area contributed by atoms with Crippen molar-refractivity contribution in [3.8, 4) is 0 Å². The Balaban J connectivity index is 2.10. The second-order valence-electron chi connectivity index (χ2n) is 4.33. The number of nitrogens with one attached hydrogen (secondary N) is 1. The minimum atomic E-state index is 0.0471. The molecule has 2 heterocycles. The molecule has 18 heavy (non-hydrogen) atoms. The molecule has 0 aliphatic carbocycles. The van der Waals surface area contributed by atoms with Crippen LogP contribution < -0.4 is 5.32 Å². The number of thioether (sulfide) groups is 1. The third-order valence-corrected chi connectivity index (χ3v) is 4.52. The lowest BCUT2D eigenvalue weighted by atomic mass is 10.2. The smallest absolute Gasteiger partial charge is 0.272 e. The molecular formula is C13H19N3OS. The fraction of sp³-hybridized carbons (Fsp3) is 0.538. The summed E-state index contributed by atoms with van der Waals surface area (Å²) in [6.45, 7) is 3.84. The van der Waals surface area contributed by atoms with Crippen molar-refractivity contribution in [3.05, 3.63) is 24.0 Å². The molecule has 1 aromatic heterocycles. The second kappa shape index (κ2) is 6.09. The maximum absolute atomic E-state index is 12.4. The molecule has 0 spiro atoms. The summed E-state index contributed by atoms with van der Waals surface area (Å²) < 4.78 is 0. The fourth-order valence-electron chi connectivity index (χ4n) is 2.02. The molecule has 98 valence electrons. The van der Waals surface area contributed by atoms with Crippen molar-refractivity contribution in [2.24, 2.45) is 0 Å². The lowest BCUT2D eigenvalue weighted by Gasteiger charge is -2.31. The van der Waals surface area contributed by atoms with Crippen LogP contribution in [0.25, 0.3) is 0 Å². The van der Waals surface area contributed by atoms with Gasteiger partial charge in [0.2, 0.25) is 0 Å². The average molecular weight is 265 g/mol. The molecule has 1 aliphatic rings. The van der Waals surface area contributed by atoms with Crippen LogP contribution in [0.1, 0.15) is 23.8 Å². The number of carbonyl (C=O) groups excluding carboxylic acids is 1. The minimum Gasteiger partial charge on any atom is -0.388 e. The molecule has 1 N–H and O–H groups in total. The molecule has 1 atom stereocenters. The first-order valence-corrected chi connectivity index (χ1v) is 7.34. The third kappa shape index (κ3) is 2.96. The van der Waals surface area contributed by atoms with Gasteiger partial charge in [-0.15, -0.1) is 0 Å². The van der Waals surface area contributed by atoms with Gasteiger partial charge in [-0.2, -0.15) is 11.8 Å². The Kier molecular flexibility index (Phi) is 4.47. The van der Waals surface area contributed by atoms with E-state index in [0.29, 0.717) is 10.9 Å². The average Bonchev–Trinajstić information content (AvgIpc) is 2.46. The van der Waals surface area contributed by atoms with E-state index in [0.717, 1.165) is 31.0 Å². The first-order valence-electron chi connectivity index (χ1n) is 6.29. The Bertz CT molecular complexity index is 424. The first-order chi connectivity index (χ1) is 8.74. The van der Waals surface area contributed by atoms with Gasteiger partial charge >= 0.3 is 0 Å². The van der Waals surface area contributed by atoms with Crippen LogP contribution in [0.3, 0.4) is 0 Å². The number of hydrogen-bond donors (Lipinski definition) is 1. The topological polar surface area (TPSA) is 45.2 Å². The number of nitrogens with zero attached hydrogens (tertiary/aromatic N) is 2. The van der Waals surface area contributed by atoms with E-state index >= 15 is 0 Å². The highest BCUT2D eigenvalue weighted by atomic mass is 32.2. The molecule has 1 fully saturated rings. The quantitative estimate of drug-likeness (QED) is 0.909. The summed E-state index contributed by atoms with van der Waals surface area (Å²) in [7, 11) is 1.84. The van der Waals surface area contributed by atoms with E-state index in [4.69, 9.17) is 0 Å². The van der Waals surface area contributed by atoms with Gasteiger partial charge in [-0.1, -0.05) is 6.92 Å². The molecule has 4 nitrogen and oxygen atoms in total. The number of pyridine rings is 1. The zero-order valence-electron chi connectivity index (χ0n) is 10.8. The van der Waals surface area contributed by atoms with E-state index in [-0.39, 0.29) is 5.91 Å². The third-order valence-electron chi connectivity index (χ3n) is 3.15. The molecule has 1 aliphatic heterocycles. The van der Waals surface area contributed by atoms with E-state index in [9.17, 15) is 4.79 Å². The molecule has 0 aromatic carbocycles. The molecule has 5 heteroatoms. The van der Waals surface area contributed by atoms with Gasteiger partial charge in [0.1, 0.15) is 5.69 Å². The first kappa shape index (κ1) is 13.2. The van der Waals surface area contributed by atoms with Crippen LogP contribution in [0, 0.1) is 0 Å². The monoisotopic (exact) mass is 265 g/mol. The Hall–Kier alpha value is -1.23. The lowest BCUT2D eigenvalue weighted by Crippen LogP contribution is -2.42. The minimum absolute atomic E-state index is 0.0471. The van der Waals surface area contributed by atoms with Gasteiger partial charge in [0.25, 0.3) is 5.91 Å². The van der Waals surface area contributed by atoms with E-state index in [1.54, 1.807) is 6.20 Å². The molecule has 1 unspecified atom stereocenters. The Morgan fingerprint density at radius 2 is 2.50 bits per heavy atom. The van der Waals surface area contributed by atoms with Crippen molar-refractivity contribution >= 4 is 23.4 Å². The summed E-state index contributed by atoms with van der Waals surface area (Å²) in [5.41, 5.74) is 1.45. The number of aromatic nitrogens is 1. The van der Waals surface area contributed by atoms with Gasteiger partial charge in [-0.05, 0) is 18.6 Å². The maximum atomic E-state index is 12.4. The van der Waals surface area contributed by atoms with E-state index in [1.165, 1.54) is 0 Å². The second-order valence-corrected chi connectivity index (χ2v) is 5.74. The van der Waals surface area contributed by atoms with Crippen LogP contribution in [0.15, 0.2) is 18.3 Å². The van der Waals surface area contributed by atoms with Gasteiger partial charge < -0.3 is 10.2 Å². The van der Waals surface area contributed by atoms with Crippen molar-refractivity contribution < 1.29 is 4.79 Å². The van der Waals surface area contributed by atoms with Gasteiger partial charge in [0, 0.05) is 43.0 Å². The fourth-order valence-corrected chi connectivity index (χ4v) is 3.20. The standard InChI is InChI=1S/C13H19N3OS/c1-3-11-9-16(6-7-18-11)13(17)12-8-10(14-2)4-5-15-12/h4-5,8,11H,3,6-7,9H2,1-2H3,(H,14,15). The summed E-state index contributed by atoms with van der Waals surface area (Å²) in [6.07, 6.45) is 2.79. The summed E-state index contributed by atoms with van der Waals surface area (Å²) in [6, 6.07) is 3.67. The van der Waals surface area contributed by atoms with Crippen LogP contribution >= 0.6 is 11.8 Å². The summed E-state index contributed by atoms with van der Waals surface area (Å²) >= 11 is 1.96. The van der Waals surface area contributed by atoms with E-state index in [2.05, 4.69) is 17.2 Å². The zero-order chi connectivity index (χ0) is 13.0. The largest absolute Gasteiger partial charge is 0.388 e. The van der Waals surface area contributed by atoms with Crippen LogP contribution in [0.4, 0.5) is 5.69 Å². The Morgan fingerprint density at radius 3 is 3.22 bits per heavy atom. The number of amides is 1. The molecule has 1 saturated heterocycles. The molecule has 1 amide bonds. The van der Waals surface area contributed by atoms with Crippen molar-refractivity contribution in [2.75, 3.05) is 31.2 Å². The summed E-state index contributed by atoms with van der Waals surface area (Å²) in [4.78, 5) is 18.5. The van der Waals surface area contributed by atoms with E-state index in [1.807, 2.05) is 35.8 Å². The number of rotatable bonds is 3. The normalized spacial score (nSPS) is 19.7. The highest BCUT2D eigenvalue weighted by molar-refractivity contribution is 8.00. The van der Waals surface area contributed by atoms with Crippen LogP contribution in [0.2, 0.25) is 0 Å². The molecule has 2 rings (SSSR count). The zero-order valence-corrected chi connectivity index (χ0v) is 11.7. The molecular weight excluding hydrogens is 246 g/mol. The Morgan fingerprint density at radius 1 is 1.67 bits per heavy atom. The van der Waals surface area contributed by atoms with Crippen LogP contribution in [-0.4, -0.2) is 46.9 Å². The van der Waals surface area contributed by atoms with Crippen molar-refractivity contribution in [1.29, 1.82) is 0 Å². The number of anilines is 1. The van der Waals surface area contributed by atoms with Crippen molar-refractivity contribution in [1.82, 2.24) is 9.88 Å². The molecule has 0 saturated carbocycles. The van der Waals surface area contributed by atoms with Crippen molar-refractivity contribution in [2.45, 2.75) is 18.6 Å².